The van der Waals surface area contributed by atoms with Crippen LogP contribution in [0.15, 0.2) is 71.6 Å². The van der Waals surface area contributed by atoms with Gasteiger partial charge < -0.3 is 5.32 Å². The van der Waals surface area contributed by atoms with Gasteiger partial charge in [0.25, 0.3) is 5.91 Å². The molecule has 0 aliphatic rings. The first-order valence-corrected chi connectivity index (χ1v) is 13.0. The van der Waals surface area contributed by atoms with Crippen LogP contribution in [0.2, 0.25) is 0 Å². The van der Waals surface area contributed by atoms with Crippen molar-refractivity contribution in [3.8, 4) is 10.6 Å². The van der Waals surface area contributed by atoms with E-state index in [4.69, 9.17) is 4.98 Å². The third-order valence-corrected chi connectivity index (χ3v) is 8.61. The molecule has 1 amide bonds. The van der Waals surface area contributed by atoms with Crippen molar-refractivity contribution in [2.75, 3.05) is 18.4 Å². The number of fused-ring (bicyclic) bond motifs is 1. The van der Waals surface area contributed by atoms with Gasteiger partial charge in [-0.1, -0.05) is 44.2 Å². The zero-order chi connectivity index (χ0) is 23.6. The molecule has 6 nitrogen and oxygen atoms in total. The zero-order valence-electron chi connectivity index (χ0n) is 18.7. The Hall–Kier alpha value is -3.07. The van der Waals surface area contributed by atoms with Crippen molar-refractivity contribution >= 4 is 43.2 Å². The van der Waals surface area contributed by atoms with Crippen molar-refractivity contribution in [1.29, 1.82) is 0 Å². The average Bonchev–Trinajstić information content (AvgIpc) is 3.24. The third-order valence-electron chi connectivity index (χ3n) is 5.50. The first-order chi connectivity index (χ1) is 15.8. The van der Waals surface area contributed by atoms with Crippen molar-refractivity contribution in [1.82, 2.24) is 9.29 Å². The van der Waals surface area contributed by atoms with Crippen LogP contribution in [-0.2, 0) is 10.0 Å². The second kappa shape index (κ2) is 9.43. The molecule has 33 heavy (non-hydrogen) atoms. The van der Waals surface area contributed by atoms with Gasteiger partial charge in [-0.3, -0.25) is 4.79 Å². The predicted molar refractivity (Wildman–Crippen MR) is 134 cm³/mol. The van der Waals surface area contributed by atoms with Gasteiger partial charge in [-0.25, -0.2) is 13.4 Å². The highest BCUT2D eigenvalue weighted by Crippen LogP contribution is 2.34. The average molecular weight is 480 g/mol. The van der Waals surface area contributed by atoms with Crippen LogP contribution in [0.5, 0.6) is 0 Å². The molecule has 4 aromatic rings. The molecule has 0 fully saturated rings. The van der Waals surface area contributed by atoms with Gasteiger partial charge in [-0.05, 0) is 48.9 Å². The Labute approximate surface area is 198 Å². The van der Waals surface area contributed by atoms with Gasteiger partial charge in [0.15, 0.2) is 0 Å². The van der Waals surface area contributed by atoms with Crippen LogP contribution < -0.4 is 5.32 Å². The minimum atomic E-state index is -3.67. The molecule has 0 unspecified atom stereocenters. The van der Waals surface area contributed by atoms with Crippen LogP contribution >= 0.6 is 11.3 Å². The summed E-state index contributed by atoms with van der Waals surface area (Å²) in [5.41, 5.74) is 3.36. The molecule has 8 heteroatoms. The molecule has 1 N–H and O–H groups in total. The van der Waals surface area contributed by atoms with Crippen molar-refractivity contribution in [2.24, 2.45) is 0 Å². The van der Waals surface area contributed by atoms with Gasteiger partial charge in [0, 0.05) is 24.2 Å². The molecule has 3 aromatic carbocycles. The number of thiazole rings is 1. The van der Waals surface area contributed by atoms with Crippen LogP contribution in [0, 0.1) is 6.92 Å². The van der Waals surface area contributed by atoms with Crippen molar-refractivity contribution in [3.63, 3.8) is 0 Å². The lowest BCUT2D eigenvalue weighted by molar-refractivity contribution is 0.102. The highest BCUT2D eigenvalue weighted by atomic mass is 32.2. The minimum Gasteiger partial charge on any atom is -0.321 e. The monoisotopic (exact) mass is 479 g/mol. The SMILES string of the molecule is CCN(CC)S(=O)(=O)c1ccc(C)c(C(=O)Nc2ccccc2-c2nc3ccccc3s2)c1. The van der Waals surface area contributed by atoms with Crippen LogP contribution in [0.25, 0.3) is 20.8 Å². The fourth-order valence-corrected chi connectivity index (χ4v) is 6.16. The molecular weight excluding hydrogens is 454 g/mol. The molecule has 0 aliphatic carbocycles. The molecule has 0 saturated heterocycles. The number of hydrogen-bond donors (Lipinski definition) is 1. The van der Waals surface area contributed by atoms with Crippen LogP contribution in [0.4, 0.5) is 5.69 Å². The quantitative estimate of drug-likeness (QED) is 0.377. The van der Waals surface area contributed by atoms with Crippen LogP contribution in [-0.4, -0.2) is 36.7 Å². The van der Waals surface area contributed by atoms with E-state index in [9.17, 15) is 13.2 Å². The fraction of sp³-hybridized carbons (Fsp3) is 0.200. The highest BCUT2D eigenvalue weighted by molar-refractivity contribution is 7.89. The second-order valence-electron chi connectivity index (χ2n) is 7.55. The molecule has 0 radical (unpaired) electrons. The Balaban J connectivity index is 1.69. The molecule has 170 valence electrons. The number of aryl methyl sites for hydroxylation is 1. The summed E-state index contributed by atoms with van der Waals surface area (Å²) in [7, 11) is -3.67. The normalized spacial score (nSPS) is 11.8. The van der Waals surface area contributed by atoms with E-state index in [1.165, 1.54) is 10.4 Å². The third kappa shape index (κ3) is 4.55. The van der Waals surface area contributed by atoms with Crippen molar-refractivity contribution in [2.45, 2.75) is 25.7 Å². The van der Waals surface area contributed by atoms with Gasteiger partial charge in [0.05, 0.1) is 20.8 Å². The van der Waals surface area contributed by atoms with Crippen molar-refractivity contribution < 1.29 is 13.2 Å². The fourth-order valence-electron chi connectivity index (χ4n) is 3.67. The number of carbonyl (C=O) groups excluding carboxylic acids is 1. The first kappa shape index (κ1) is 23.1. The van der Waals surface area contributed by atoms with Gasteiger partial charge in [0.2, 0.25) is 10.0 Å². The molecule has 0 spiro atoms. The van der Waals surface area contributed by atoms with Crippen molar-refractivity contribution in [3.05, 3.63) is 77.9 Å². The maximum absolute atomic E-state index is 13.2. The van der Waals surface area contributed by atoms with E-state index in [2.05, 4.69) is 5.32 Å². The van der Waals surface area contributed by atoms with E-state index in [1.54, 1.807) is 44.2 Å². The lowest BCUT2D eigenvalue weighted by Gasteiger charge is -2.19. The van der Waals surface area contributed by atoms with Gasteiger partial charge >= 0.3 is 0 Å². The van der Waals surface area contributed by atoms with E-state index < -0.39 is 10.0 Å². The number of rotatable bonds is 7. The Bertz CT molecular complexity index is 1390. The predicted octanol–water partition coefficient (Wildman–Crippen LogP) is 5.55. The topological polar surface area (TPSA) is 79.4 Å². The molecular formula is C25H25N3O3S2. The number of amides is 1. The van der Waals surface area contributed by atoms with Gasteiger partial charge in [-0.15, -0.1) is 11.3 Å². The largest absolute Gasteiger partial charge is 0.321 e. The molecule has 0 bridgehead atoms. The van der Waals surface area contributed by atoms with Gasteiger partial charge in [0.1, 0.15) is 5.01 Å². The summed E-state index contributed by atoms with van der Waals surface area (Å²) in [5.74, 6) is -0.363. The standard InChI is InChI=1S/C25H25N3O3S2/c1-4-28(5-2)33(30,31)18-15-14-17(3)20(16-18)24(29)26-21-11-7-6-10-19(21)25-27-22-12-8-9-13-23(22)32-25/h6-16H,4-5H2,1-3H3,(H,26,29). The first-order valence-electron chi connectivity index (χ1n) is 10.7. The Morgan fingerprint density at radius 2 is 1.70 bits per heavy atom. The maximum atomic E-state index is 13.2. The minimum absolute atomic E-state index is 0.112. The van der Waals surface area contributed by atoms with Crippen LogP contribution in [0.3, 0.4) is 0 Å². The number of benzene rings is 3. The molecule has 0 saturated carbocycles. The van der Waals surface area contributed by atoms with E-state index >= 15 is 0 Å². The smallest absolute Gasteiger partial charge is 0.255 e. The Morgan fingerprint density at radius 3 is 2.42 bits per heavy atom. The number of hydrogen-bond acceptors (Lipinski definition) is 5. The number of sulfonamides is 1. The second-order valence-corrected chi connectivity index (χ2v) is 10.5. The van der Waals surface area contributed by atoms with Crippen LogP contribution in [0.1, 0.15) is 29.8 Å². The van der Waals surface area contributed by atoms with Gasteiger partial charge in [-0.2, -0.15) is 4.31 Å². The summed E-state index contributed by atoms with van der Waals surface area (Å²) in [6.45, 7) is 6.11. The molecule has 0 atom stereocenters. The number of anilines is 1. The Kier molecular flexibility index (Phi) is 6.60. The maximum Gasteiger partial charge on any atom is 0.255 e. The molecule has 1 heterocycles. The number of nitrogens with zero attached hydrogens (tertiary/aromatic N) is 2. The number of nitrogens with one attached hydrogen (secondary N) is 1. The lowest BCUT2D eigenvalue weighted by atomic mass is 10.1. The number of carbonyl (C=O) groups is 1. The highest BCUT2D eigenvalue weighted by Gasteiger charge is 2.24. The van der Waals surface area contributed by atoms with E-state index in [0.717, 1.165) is 20.8 Å². The number of aromatic nitrogens is 1. The summed E-state index contributed by atoms with van der Waals surface area (Å²) in [4.78, 5) is 18.1. The Morgan fingerprint density at radius 1 is 1.00 bits per heavy atom. The number of para-hydroxylation sites is 2. The van der Waals surface area contributed by atoms with E-state index in [-0.39, 0.29) is 10.8 Å². The lowest BCUT2D eigenvalue weighted by Crippen LogP contribution is -2.30. The van der Waals surface area contributed by atoms with E-state index in [1.807, 2.05) is 48.5 Å². The summed E-state index contributed by atoms with van der Waals surface area (Å²) >= 11 is 1.56. The zero-order valence-corrected chi connectivity index (χ0v) is 20.3. The summed E-state index contributed by atoms with van der Waals surface area (Å²) in [5, 5.41) is 3.77. The molecule has 4 rings (SSSR count). The summed E-state index contributed by atoms with van der Waals surface area (Å²) < 4.78 is 28.3. The van der Waals surface area contributed by atoms with E-state index in [0.29, 0.717) is 29.9 Å². The summed E-state index contributed by atoms with van der Waals surface area (Å²) in [6.07, 6.45) is 0. The molecule has 1 aromatic heterocycles. The summed E-state index contributed by atoms with van der Waals surface area (Å²) in [6, 6.07) is 20.1. The molecule has 0 aliphatic heterocycles.